The molecule has 1 rings (SSSR count). The summed E-state index contributed by atoms with van der Waals surface area (Å²) in [5.41, 5.74) is 0.306. The van der Waals surface area contributed by atoms with Crippen LogP contribution in [-0.2, 0) is 70.6 Å². The van der Waals surface area contributed by atoms with Crippen LogP contribution in [0.3, 0.4) is 0 Å². The maximum atomic E-state index is 10.0. The fourth-order valence-electron chi connectivity index (χ4n) is 0.972. The summed E-state index contributed by atoms with van der Waals surface area (Å²) in [5.74, 6) is -3.03. The zero-order valence-corrected chi connectivity index (χ0v) is 29.8. The number of hydrogen-bond donors (Lipinski definition) is 4. The van der Waals surface area contributed by atoms with Gasteiger partial charge >= 0.3 is 94.2 Å². The molecule has 0 bridgehead atoms. The van der Waals surface area contributed by atoms with Crippen molar-refractivity contribution in [3.8, 4) is 0 Å². The zero-order valence-electron chi connectivity index (χ0n) is 26.5. The summed E-state index contributed by atoms with van der Waals surface area (Å²) in [6, 6.07) is 0. The van der Waals surface area contributed by atoms with E-state index in [4.69, 9.17) is 20.4 Å². The van der Waals surface area contributed by atoms with Crippen LogP contribution in [-0.4, -0.2) is 53.4 Å². The van der Waals surface area contributed by atoms with Crippen molar-refractivity contribution in [2.45, 2.75) is 96.9 Å². The standard InChI is InChI=1S/C7H12N2.4C5H10O2.2Rh/c1-6-7(2)9(4)5-8(6)3;4*1-5(2,3)4(6)7;;/h1-4H3;4*1-3H3,(H,6,7);;. The van der Waals surface area contributed by atoms with Gasteiger partial charge in [-0.05, 0) is 83.1 Å². The number of aliphatic carboxylic acids is 4. The molecular weight excluding hydrogens is 686 g/mol. The Morgan fingerprint density at radius 1 is 0.513 bits per heavy atom. The van der Waals surface area contributed by atoms with Gasteiger partial charge in [-0.2, -0.15) is 0 Å². The molecular formula is C27H52N2O8Rh2. The first-order valence-corrected chi connectivity index (χ1v) is 12.7. The molecule has 0 saturated heterocycles. The fourth-order valence-corrected chi connectivity index (χ4v) is 1.52. The summed E-state index contributed by atoms with van der Waals surface area (Å²) in [5, 5.41) is 33.0. The van der Waals surface area contributed by atoms with Crippen LogP contribution >= 0.6 is 0 Å². The van der Waals surface area contributed by atoms with Crippen LogP contribution in [0, 0.1) is 39.5 Å². The van der Waals surface area contributed by atoms with Crippen LogP contribution in [0.1, 0.15) is 94.5 Å². The zero-order chi connectivity index (χ0) is 32.2. The van der Waals surface area contributed by atoms with Crippen LogP contribution in [0.25, 0.3) is 0 Å². The molecule has 12 heteroatoms. The second-order valence-electron chi connectivity index (χ2n) is 12.8. The predicted octanol–water partition coefficient (Wildman–Crippen LogP) is 5.53. The number of aromatic nitrogens is 2. The summed E-state index contributed by atoms with van der Waals surface area (Å²) in [4.78, 5) is 40.1. The molecule has 0 aliphatic heterocycles. The first-order chi connectivity index (χ1) is 16.3. The van der Waals surface area contributed by atoms with E-state index >= 15 is 0 Å². The Bertz CT molecular complexity index is 858. The van der Waals surface area contributed by atoms with Crippen molar-refractivity contribution in [2.75, 3.05) is 0 Å². The van der Waals surface area contributed by atoms with Gasteiger partial charge in [-0.15, -0.1) is 0 Å². The van der Waals surface area contributed by atoms with Gasteiger partial charge in [0, 0.05) is 19.5 Å². The molecule has 10 nitrogen and oxygen atoms in total. The van der Waals surface area contributed by atoms with Crippen molar-refractivity contribution in [3.63, 3.8) is 0 Å². The van der Waals surface area contributed by atoms with E-state index in [0.717, 1.165) is 0 Å². The topological polar surface area (TPSA) is 159 Å². The first kappa shape index (κ1) is 47.1. The normalized spacial score (nSPS) is 10.8. The van der Waals surface area contributed by atoms with E-state index in [0.29, 0.717) is 0 Å². The molecule has 1 aromatic heterocycles. The smallest absolute Gasteiger partial charge is 0 e. The maximum Gasteiger partial charge on any atom is 0 e. The summed E-state index contributed by atoms with van der Waals surface area (Å²) >= 11 is 2.92. The molecule has 0 aliphatic carbocycles. The van der Waals surface area contributed by atoms with Gasteiger partial charge in [0.25, 0.3) is 0 Å². The molecule has 0 atom stereocenters. The molecule has 0 saturated carbocycles. The summed E-state index contributed by atoms with van der Waals surface area (Å²) in [7, 11) is 4.13. The monoisotopic (exact) mass is 738 g/mol. The van der Waals surface area contributed by atoms with Crippen LogP contribution in [0.5, 0.6) is 0 Å². The van der Waals surface area contributed by atoms with Crippen molar-refractivity contribution < 1.29 is 76.9 Å². The van der Waals surface area contributed by atoms with E-state index in [9.17, 15) is 19.2 Å². The van der Waals surface area contributed by atoms with E-state index < -0.39 is 45.5 Å². The van der Waals surface area contributed by atoms with Gasteiger partial charge < -0.3 is 20.4 Å². The Balaban J connectivity index is -0.000000124. The summed E-state index contributed by atoms with van der Waals surface area (Å²) in [6.07, 6.45) is 0. The Morgan fingerprint density at radius 3 is 0.641 bits per heavy atom. The minimum atomic E-state index is -0.757. The number of carboxylic acid groups (broad SMARTS) is 4. The number of hydrogen-bond acceptors (Lipinski definition) is 4. The van der Waals surface area contributed by atoms with Gasteiger partial charge in [0.15, 0.2) is 0 Å². The Morgan fingerprint density at radius 2 is 0.615 bits per heavy atom. The second-order valence-corrected chi connectivity index (χ2v) is 13.5. The first-order valence-electron chi connectivity index (χ1n) is 11.9. The molecule has 1 radical (unpaired) electrons. The quantitative estimate of drug-likeness (QED) is 0.253. The average molecular weight is 739 g/mol. The van der Waals surface area contributed by atoms with Gasteiger partial charge in [-0.1, -0.05) is 0 Å². The molecule has 1 aromatic rings. The minimum absolute atomic E-state index is 0. The molecule has 0 aromatic carbocycles. The number of rotatable bonds is 0. The van der Waals surface area contributed by atoms with Crippen molar-refractivity contribution in [3.05, 3.63) is 15.4 Å². The van der Waals surface area contributed by atoms with E-state index in [2.05, 4.69) is 54.9 Å². The maximum absolute atomic E-state index is 10.0. The van der Waals surface area contributed by atoms with E-state index in [1.54, 1.807) is 83.1 Å². The molecule has 0 aliphatic rings. The Hall–Kier alpha value is -1.66. The molecule has 0 spiro atoms. The third kappa shape index (κ3) is 23.9. The molecule has 4 N–H and O–H groups in total. The third-order valence-electron chi connectivity index (χ3n) is 4.62. The van der Waals surface area contributed by atoms with Crippen molar-refractivity contribution >= 4 is 23.9 Å². The van der Waals surface area contributed by atoms with Crippen LogP contribution in [0.2, 0.25) is 0 Å². The van der Waals surface area contributed by atoms with Gasteiger partial charge in [-0.3, -0.25) is 19.2 Å². The Labute approximate surface area is 257 Å². The number of nitrogens with zero attached hydrogens (tertiary/aromatic N) is 2. The Kier molecular flexibility index (Phi) is 22.5. The van der Waals surface area contributed by atoms with E-state index in [1.807, 2.05) is 0 Å². The number of carboxylic acids is 4. The number of imidazole rings is 1. The van der Waals surface area contributed by atoms with Gasteiger partial charge in [0.2, 0.25) is 0 Å². The SMILES string of the molecule is CC(C)(C)C(=O)O.CC(C)(C)C(=O)O.CC(C)(C)C(=O)O.CC(C)(C)C(=O)O.Cc1c(C)n(C)[c](=[Rh])n1C.[Rh]. The average Bonchev–Trinajstić information content (AvgIpc) is 2.84. The third-order valence-corrected chi connectivity index (χ3v) is 5.72. The molecule has 0 amide bonds. The van der Waals surface area contributed by atoms with E-state index in [1.165, 1.54) is 15.4 Å². The molecule has 0 fully saturated rings. The predicted molar refractivity (Wildman–Crippen MR) is 145 cm³/mol. The fraction of sp³-hybridized carbons (Fsp3) is 0.741. The van der Waals surface area contributed by atoms with Crippen molar-refractivity contribution in [2.24, 2.45) is 35.8 Å². The van der Waals surface area contributed by atoms with Crippen LogP contribution < -0.4 is 0 Å². The van der Waals surface area contributed by atoms with E-state index in [-0.39, 0.29) is 19.5 Å². The largest absolute Gasteiger partial charge is 0 e. The molecule has 236 valence electrons. The summed E-state index contributed by atoms with van der Waals surface area (Å²) < 4.78 is 5.50. The van der Waals surface area contributed by atoms with Crippen LogP contribution in [0.15, 0.2) is 0 Å². The van der Waals surface area contributed by atoms with Crippen molar-refractivity contribution in [1.29, 1.82) is 0 Å². The van der Waals surface area contributed by atoms with Gasteiger partial charge in [-0.25, -0.2) is 0 Å². The van der Waals surface area contributed by atoms with Gasteiger partial charge in [0.05, 0.1) is 21.7 Å². The second kappa shape index (κ2) is 18.6. The molecule has 0 unspecified atom stereocenters. The minimum Gasteiger partial charge on any atom is 0 e. The molecule has 39 heavy (non-hydrogen) atoms. The summed E-state index contributed by atoms with van der Waals surface area (Å²) in [6.45, 7) is 24.2. The van der Waals surface area contributed by atoms with Gasteiger partial charge in [0.1, 0.15) is 0 Å². The van der Waals surface area contributed by atoms with Crippen molar-refractivity contribution in [1.82, 2.24) is 9.13 Å². The number of carbonyl (C=O) groups is 4. The molecule has 1 heterocycles. The van der Waals surface area contributed by atoms with Crippen LogP contribution in [0.4, 0.5) is 0 Å².